The average Bonchev–Trinajstić information content (AvgIpc) is 3.11. The van der Waals surface area contributed by atoms with Crippen LogP contribution in [-0.4, -0.2) is 20.4 Å². The summed E-state index contributed by atoms with van der Waals surface area (Å²) in [5.74, 6) is -1.49. The third-order valence-corrected chi connectivity index (χ3v) is 8.19. The van der Waals surface area contributed by atoms with Gasteiger partial charge in [-0.2, -0.15) is 8.42 Å². The normalized spacial score (nSPS) is 12.9. The molecule has 1 unspecified atom stereocenters. The summed E-state index contributed by atoms with van der Waals surface area (Å²) in [5.41, 5.74) is 2.17. The second kappa shape index (κ2) is 8.17. The molecule has 0 bridgehead atoms. The van der Waals surface area contributed by atoms with Crippen LogP contribution in [0.4, 0.5) is 8.78 Å². The highest BCUT2D eigenvalue weighted by atomic mass is 32.2. The Bertz CT molecular complexity index is 1200. The maximum atomic E-state index is 13.4. The van der Waals surface area contributed by atoms with Crippen molar-refractivity contribution < 1.29 is 21.5 Å². The van der Waals surface area contributed by atoms with Crippen LogP contribution in [0.1, 0.15) is 23.7 Å². The van der Waals surface area contributed by atoms with Gasteiger partial charge in [-0.25, -0.2) is 13.1 Å². The molecule has 5 nitrogen and oxygen atoms in total. The highest BCUT2D eigenvalue weighted by Gasteiger charge is 2.27. The van der Waals surface area contributed by atoms with Gasteiger partial charge < -0.3 is 4.98 Å². The lowest BCUT2D eigenvalue weighted by molar-refractivity contribution is -0.758. The zero-order valence-electron chi connectivity index (χ0n) is 16.2. The van der Waals surface area contributed by atoms with Crippen LogP contribution >= 0.6 is 11.3 Å². The zero-order chi connectivity index (χ0) is 21.3. The van der Waals surface area contributed by atoms with E-state index < -0.39 is 21.7 Å². The molecule has 0 fully saturated rings. The molecule has 0 saturated carbocycles. The SMILES string of the molecule is CCc1cc(-c2ccc(S(=O)(=O)[NH+](C)Cc3cc(F)cc(F)c3)s2)c(C)[nH]c1=O. The molecule has 1 atom stereocenters. The van der Waals surface area contributed by atoms with E-state index in [1.807, 2.05) is 6.92 Å². The summed E-state index contributed by atoms with van der Waals surface area (Å²) < 4.78 is 52.9. The molecule has 9 heteroatoms. The molecule has 2 aromatic heterocycles. The topological polar surface area (TPSA) is 71.4 Å². The molecule has 2 heterocycles. The number of pyridine rings is 1. The van der Waals surface area contributed by atoms with Crippen LogP contribution < -0.4 is 9.86 Å². The Balaban J connectivity index is 1.91. The highest BCUT2D eigenvalue weighted by molar-refractivity contribution is 7.87. The molecule has 0 aliphatic heterocycles. The summed E-state index contributed by atoms with van der Waals surface area (Å²) in [6.45, 7) is 3.56. The van der Waals surface area contributed by atoms with Gasteiger partial charge in [0.15, 0.2) is 4.21 Å². The predicted molar refractivity (Wildman–Crippen MR) is 109 cm³/mol. The number of halogens is 2. The number of thiophene rings is 1. The van der Waals surface area contributed by atoms with E-state index in [1.165, 1.54) is 13.1 Å². The van der Waals surface area contributed by atoms with Gasteiger partial charge in [-0.3, -0.25) is 4.79 Å². The lowest BCUT2D eigenvalue weighted by Gasteiger charge is -2.13. The molecular weight excluding hydrogens is 418 g/mol. The van der Waals surface area contributed by atoms with Gasteiger partial charge in [-0.05, 0) is 43.7 Å². The lowest BCUT2D eigenvalue weighted by atomic mass is 10.1. The molecule has 0 spiro atoms. The maximum Gasteiger partial charge on any atom is 0.335 e. The minimum atomic E-state index is -3.77. The molecule has 29 heavy (non-hydrogen) atoms. The number of hydrogen-bond donors (Lipinski definition) is 2. The number of hydrogen-bond acceptors (Lipinski definition) is 4. The Hall–Kier alpha value is -2.36. The average molecular weight is 440 g/mol. The first kappa shape index (κ1) is 21.4. The Morgan fingerprint density at radius 1 is 1.10 bits per heavy atom. The molecule has 154 valence electrons. The molecule has 0 saturated heterocycles. The lowest BCUT2D eigenvalue weighted by Crippen LogP contribution is -3.09. The van der Waals surface area contributed by atoms with Gasteiger partial charge in [0.2, 0.25) is 0 Å². The van der Waals surface area contributed by atoms with Gasteiger partial charge >= 0.3 is 10.0 Å². The van der Waals surface area contributed by atoms with Crippen molar-refractivity contribution in [2.45, 2.75) is 31.0 Å². The Labute approximate surface area is 171 Å². The molecule has 0 aliphatic carbocycles. The van der Waals surface area contributed by atoms with Crippen LogP contribution in [0.3, 0.4) is 0 Å². The van der Waals surface area contributed by atoms with E-state index in [0.29, 0.717) is 17.7 Å². The molecule has 3 aromatic rings. The van der Waals surface area contributed by atoms with E-state index in [0.717, 1.165) is 40.0 Å². The molecular formula is C20H21F2N2O3S2+. The third-order valence-electron chi connectivity index (χ3n) is 4.64. The summed E-state index contributed by atoms with van der Waals surface area (Å²) in [6, 6.07) is 7.99. The maximum absolute atomic E-state index is 13.4. The number of nitrogens with one attached hydrogen (secondary N) is 2. The number of sulfonamides is 1. The minimum absolute atomic E-state index is 0.0814. The molecule has 0 radical (unpaired) electrons. The van der Waals surface area contributed by atoms with Crippen molar-refractivity contribution in [1.82, 2.24) is 4.98 Å². The van der Waals surface area contributed by atoms with Gasteiger partial charge in [-0.1, -0.05) is 6.92 Å². The molecule has 0 aliphatic rings. The van der Waals surface area contributed by atoms with Crippen LogP contribution in [-0.2, 0) is 23.0 Å². The van der Waals surface area contributed by atoms with Crippen LogP contribution in [0.25, 0.3) is 10.4 Å². The second-order valence-electron chi connectivity index (χ2n) is 6.79. The van der Waals surface area contributed by atoms with E-state index >= 15 is 0 Å². The molecule has 0 amide bonds. The number of quaternary nitrogens is 1. The van der Waals surface area contributed by atoms with E-state index in [1.54, 1.807) is 19.1 Å². The zero-order valence-corrected chi connectivity index (χ0v) is 17.8. The summed E-state index contributed by atoms with van der Waals surface area (Å²) in [6.07, 6.45) is 0.566. The minimum Gasteiger partial charge on any atom is -0.326 e. The van der Waals surface area contributed by atoms with Gasteiger partial charge in [0.25, 0.3) is 5.56 Å². The van der Waals surface area contributed by atoms with E-state index in [-0.39, 0.29) is 26.2 Å². The van der Waals surface area contributed by atoms with Crippen molar-refractivity contribution in [2.24, 2.45) is 0 Å². The summed E-state index contributed by atoms with van der Waals surface area (Å²) in [7, 11) is -2.33. The predicted octanol–water partition coefficient (Wildman–Crippen LogP) is 2.66. The molecule has 2 N–H and O–H groups in total. The van der Waals surface area contributed by atoms with E-state index in [2.05, 4.69) is 4.98 Å². The molecule has 3 rings (SSSR count). The largest absolute Gasteiger partial charge is 0.335 e. The van der Waals surface area contributed by atoms with Crippen molar-refractivity contribution in [3.05, 3.63) is 75.2 Å². The van der Waals surface area contributed by atoms with Crippen molar-refractivity contribution in [1.29, 1.82) is 0 Å². The van der Waals surface area contributed by atoms with Crippen LogP contribution in [0.5, 0.6) is 0 Å². The second-order valence-corrected chi connectivity index (χ2v) is 10.3. The van der Waals surface area contributed by atoms with Gasteiger partial charge in [-0.15, -0.1) is 11.3 Å². The van der Waals surface area contributed by atoms with Crippen molar-refractivity contribution >= 4 is 21.4 Å². The Morgan fingerprint density at radius 2 is 1.76 bits per heavy atom. The standard InChI is InChI=1S/C20H20F2N2O3S2/c1-4-14-9-17(12(2)23-20(14)25)18-5-6-19(28-18)29(26,27)24(3)11-13-7-15(21)10-16(22)8-13/h5-10H,4,11H2,1-3H3,(H,23,25)/p+1. The van der Waals surface area contributed by atoms with Gasteiger partial charge in [0.1, 0.15) is 18.2 Å². The fourth-order valence-electron chi connectivity index (χ4n) is 3.06. The number of aromatic nitrogens is 1. The Kier molecular flexibility index (Phi) is 6.02. The van der Waals surface area contributed by atoms with E-state index in [9.17, 15) is 22.0 Å². The number of H-pyrrole nitrogens is 1. The summed E-state index contributed by atoms with van der Waals surface area (Å²) in [4.78, 5) is 15.4. The highest BCUT2D eigenvalue weighted by Crippen LogP contribution is 2.31. The van der Waals surface area contributed by atoms with Crippen molar-refractivity contribution in [2.75, 3.05) is 7.05 Å². The van der Waals surface area contributed by atoms with Gasteiger partial charge in [0.05, 0.1) is 7.05 Å². The smallest absolute Gasteiger partial charge is 0.326 e. The first-order valence-corrected chi connectivity index (χ1v) is 11.3. The first-order valence-electron chi connectivity index (χ1n) is 8.97. The van der Waals surface area contributed by atoms with Crippen LogP contribution in [0.15, 0.2) is 45.4 Å². The first-order chi connectivity index (χ1) is 13.6. The fraction of sp³-hybridized carbons (Fsp3) is 0.250. The summed E-state index contributed by atoms with van der Waals surface area (Å²) >= 11 is 1.10. The Morgan fingerprint density at radius 3 is 2.38 bits per heavy atom. The van der Waals surface area contributed by atoms with E-state index in [4.69, 9.17) is 0 Å². The van der Waals surface area contributed by atoms with Crippen LogP contribution in [0.2, 0.25) is 0 Å². The van der Waals surface area contributed by atoms with Gasteiger partial charge in [0, 0.05) is 33.3 Å². The summed E-state index contributed by atoms with van der Waals surface area (Å²) in [5, 5.41) is 0. The third kappa shape index (κ3) is 4.47. The van der Waals surface area contributed by atoms with Crippen LogP contribution in [0, 0.1) is 18.6 Å². The molecule has 1 aromatic carbocycles. The number of rotatable bonds is 6. The fourth-order valence-corrected chi connectivity index (χ4v) is 5.95. The number of benzene rings is 1. The monoisotopic (exact) mass is 439 g/mol. The van der Waals surface area contributed by atoms with Crippen molar-refractivity contribution in [3.63, 3.8) is 0 Å². The number of aromatic amines is 1. The number of aryl methyl sites for hydroxylation is 2. The van der Waals surface area contributed by atoms with Crippen molar-refractivity contribution in [3.8, 4) is 10.4 Å². The quantitative estimate of drug-likeness (QED) is 0.620.